The van der Waals surface area contributed by atoms with Crippen LogP contribution in [-0.2, 0) is 19.3 Å². The number of thioether (sulfide) groups is 1. The molecule has 0 saturated carbocycles. The largest absolute Gasteiger partial charge is 0.497 e. The monoisotopic (exact) mass is 345 g/mol. The van der Waals surface area contributed by atoms with Crippen molar-refractivity contribution in [3.63, 3.8) is 0 Å². The van der Waals surface area contributed by atoms with Crippen molar-refractivity contribution in [2.24, 2.45) is 7.05 Å². The van der Waals surface area contributed by atoms with E-state index in [1.807, 2.05) is 47.5 Å². The van der Waals surface area contributed by atoms with E-state index in [0.29, 0.717) is 12.3 Å². The summed E-state index contributed by atoms with van der Waals surface area (Å²) in [6.07, 6.45) is 1.69. The summed E-state index contributed by atoms with van der Waals surface area (Å²) in [5.41, 5.74) is 0.963. The summed E-state index contributed by atoms with van der Waals surface area (Å²) in [5, 5.41) is 20.6. The molecule has 0 aliphatic heterocycles. The summed E-state index contributed by atoms with van der Waals surface area (Å²) in [4.78, 5) is 0. The van der Waals surface area contributed by atoms with E-state index in [1.165, 1.54) is 0 Å². The number of ether oxygens (including phenoxy) is 1. The van der Waals surface area contributed by atoms with E-state index in [0.717, 1.165) is 28.2 Å². The van der Waals surface area contributed by atoms with Crippen molar-refractivity contribution in [1.82, 2.24) is 34.8 Å². The van der Waals surface area contributed by atoms with Crippen molar-refractivity contribution in [1.29, 1.82) is 0 Å². The van der Waals surface area contributed by atoms with E-state index in [4.69, 9.17) is 4.74 Å². The average molecular weight is 345 g/mol. The van der Waals surface area contributed by atoms with E-state index in [9.17, 15) is 0 Å². The first kappa shape index (κ1) is 16.5. The van der Waals surface area contributed by atoms with Gasteiger partial charge in [-0.1, -0.05) is 17.8 Å². The Morgan fingerprint density at radius 2 is 2.08 bits per heavy atom. The van der Waals surface area contributed by atoms with Gasteiger partial charge in [0.1, 0.15) is 17.9 Å². The summed E-state index contributed by atoms with van der Waals surface area (Å²) in [5.74, 6) is 3.18. The maximum absolute atomic E-state index is 5.33. The summed E-state index contributed by atoms with van der Waals surface area (Å²) in [6.45, 7) is 0.620. The van der Waals surface area contributed by atoms with Crippen LogP contribution in [-0.4, -0.2) is 43.7 Å². The predicted molar refractivity (Wildman–Crippen MR) is 91.2 cm³/mol. The highest BCUT2D eigenvalue weighted by Gasteiger charge is 2.15. The van der Waals surface area contributed by atoms with Crippen LogP contribution in [0.3, 0.4) is 0 Å². The van der Waals surface area contributed by atoms with Crippen LogP contribution in [0.5, 0.6) is 5.75 Å². The summed E-state index contributed by atoms with van der Waals surface area (Å²) < 4.78 is 9.25. The molecule has 0 fully saturated rings. The summed E-state index contributed by atoms with van der Waals surface area (Å²) in [6, 6.07) is 7.85. The first-order chi connectivity index (χ1) is 11.7. The normalized spacial score (nSPS) is 11.0. The number of nitrogens with one attached hydrogen (secondary N) is 1. The molecule has 2 aromatic heterocycles. The second-order valence-electron chi connectivity index (χ2n) is 5.11. The minimum atomic E-state index is 0.620. The third-order valence-electron chi connectivity index (χ3n) is 3.48. The number of benzene rings is 1. The van der Waals surface area contributed by atoms with Crippen molar-refractivity contribution >= 4 is 11.8 Å². The molecule has 2 heterocycles. The second kappa shape index (κ2) is 7.45. The van der Waals surface area contributed by atoms with Crippen molar-refractivity contribution in [2.45, 2.75) is 17.5 Å². The van der Waals surface area contributed by atoms with Gasteiger partial charge in [-0.3, -0.25) is 4.57 Å². The Bertz CT molecular complexity index is 814. The lowest BCUT2D eigenvalue weighted by Crippen LogP contribution is -2.12. The lowest BCUT2D eigenvalue weighted by atomic mass is 10.3. The molecule has 0 bridgehead atoms. The van der Waals surface area contributed by atoms with E-state index >= 15 is 0 Å². The van der Waals surface area contributed by atoms with Crippen LogP contribution in [0, 0.1) is 0 Å². The van der Waals surface area contributed by atoms with Crippen LogP contribution in [0.1, 0.15) is 11.6 Å². The van der Waals surface area contributed by atoms with Gasteiger partial charge in [0.2, 0.25) is 0 Å². The highest BCUT2D eigenvalue weighted by Crippen LogP contribution is 2.26. The number of nitrogens with zero attached hydrogens (tertiary/aromatic N) is 6. The number of hydrogen-bond donors (Lipinski definition) is 1. The Hall–Kier alpha value is -2.39. The molecular weight excluding hydrogens is 326 g/mol. The first-order valence-corrected chi connectivity index (χ1v) is 8.40. The van der Waals surface area contributed by atoms with E-state index in [1.54, 1.807) is 25.2 Å². The number of aromatic nitrogens is 6. The molecule has 0 unspecified atom stereocenters. The molecule has 9 heteroatoms. The van der Waals surface area contributed by atoms with Crippen LogP contribution < -0.4 is 10.1 Å². The number of aryl methyl sites for hydroxylation is 1. The maximum Gasteiger partial charge on any atom is 0.196 e. The molecule has 0 aliphatic carbocycles. The van der Waals surface area contributed by atoms with Crippen LogP contribution in [0.4, 0.5) is 0 Å². The van der Waals surface area contributed by atoms with Crippen LogP contribution in [0.25, 0.3) is 5.69 Å². The molecule has 1 aromatic carbocycles. The van der Waals surface area contributed by atoms with E-state index in [2.05, 4.69) is 25.7 Å². The molecule has 1 N–H and O–H groups in total. The molecular formula is C15H19N7OS. The molecule has 0 radical (unpaired) electrons. The third kappa shape index (κ3) is 3.41. The van der Waals surface area contributed by atoms with Gasteiger partial charge < -0.3 is 14.6 Å². The lowest BCUT2D eigenvalue weighted by molar-refractivity contribution is 0.414. The predicted octanol–water partition coefficient (Wildman–Crippen LogP) is 1.42. The van der Waals surface area contributed by atoms with Gasteiger partial charge in [-0.25, -0.2) is 0 Å². The molecule has 0 spiro atoms. The fraction of sp³-hybridized carbons (Fsp3) is 0.333. The van der Waals surface area contributed by atoms with Crippen molar-refractivity contribution in [3.05, 3.63) is 42.2 Å². The quantitative estimate of drug-likeness (QED) is 0.648. The number of methoxy groups -OCH3 is 1. The highest BCUT2D eigenvalue weighted by molar-refractivity contribution is 7.98. The number of rotatable bonds is 7. The Kier molecular flexibility index (Phi) is 5.11. The van der Waals surface area contributed by atoms with Gasteiger partial charge in [0.25, 0.3) is 0 Å². The lowest BCUT2D eigenvalue weighted by Gasteiger charge is -2.11. The molecule has 126 valence electrons. The van der Waals surface area contributed by atoms with Crippen molar-refractivity contribution in [3.8, 4) is 11.4 Å². The zero-order chi connectivity index (χ0) is 16.9. The molecule has 0 atom stereocenters. The minimum absolute atomic E-state index is 0.620. The van der Waals surface area contributed by atoms with Crippen LogP contribution in [0.2, 0.25) is 0 Å². The molecule has 0 saturated heterocycles. The average Bonchev–Trinajstić information content (AvgIpc) is 3.19. The molecule has 3 aromatic rings. The van der Waals surface area contributed by atoms with Crippen molar-refractivity contribution in [2.75, 3.05) is 14.2 Å². The third-order valence-corrected chi connectivity index (χ3v) is 4.41. The topological polar surface area (TPSA) is 82.7 Å². The van der Waals surface area contributed by atoms with Gasteiger partial charge in [-0.05, 0) is 19.2 Å². The molecule has 0 amide bonds. The van der Waals surface area contributed by atoms with Crippen LogP contribution >= 0.6 is 11.8 Å². The Labute approximate surface area is 144 Å². The zero-order valence-corrected chi connectivity index (χ0v) is 14.6. The fourth-order valence-electron chi connectivity index (χ4n) is 2.24. The molecule has 24 heavy (non-hydrogen) atoms. The first-order valence-electron chi connectivity index (χ1n) is 7.42. The van der Waals surface area contributed by atoms with Gasteiger partial charge in [0, 0.05) is 13.1 Å². The molecule has 3 rings (SSSR count). The summed E-state index contributed by atoms with van der Waals surface area (Å²) >= 11 is 1.57. The number of hydrogen-bond acceptors (Lipinski definition) is 7. The SMILES string of the molecule is CNCc1nnc(SCc2nncn2C)n1-c1cccc(OC)c1. The standard InChI is InChI=1S/C15H19N7OS/c1-16-8-13-19-20-15(24-9-14-18-17-10-21(14)2)22(13)11-5-4-6-12(7-11)23-3/h4-7,10,16H,8-9H2,1-3H3. The molecule has 8 nitrogen and oxygen atoms in total. The van der Waals surface area contributed by atoms with E-state index in [-0.39, 0.29) is 0 Å². The van der Waals surface area contributed by atoms with Gasteiger partial charge >= 0.3 is 0 Å². The van der Waals surface area contributed by atoms with Gasteiger partial charge in [0.15, 0.2) is 11.0 Å². The van der Waals surface area contributed by atoms with Crippen molar-refractivity contribution < 1.29 is 4.74 Å². The second-order valence-corrected chi connectivity index (χ2v) is 6.06. The van der Waals surface area contributed by atoms with E-state index < -0.39 is 0 Å². The Balaban J connectivity index is 1.93. The smallest absolute Gasteiger partial charge is 0.196 e. The molecule has 0 aliphatic rings. The highest BCUT2D eigenvalue weighted by atomic mass is 32.2. The minimum Gasteiger partial charge on any atom is -0.497 e. The van der Waals surface area contributed by atoms with Crippen LogP contribution in [0.15, 0.2) is 35.7 Å². The fourth-order valence-corrected chi connectivity index (χ4v) is 3.20. The Morgan fingerprint density at radius 3 is 2.79 bits per heavy atom. The maximum atomic E-state index is 5.33. The van der Waals surface area contributed by atoms with Gasteiger partial charge in [0.05, 0.1) is 25.1 Å². The van der Waals surface area contributed by atoms with Gasteiger partial charge in [-0.2, -0.15) is 0 Å². The van der Waals surface area contributed by atoms with Gasteiger partial charge in [-0.15, -0.1) is 20.4 Å². The Morgan fingerprint density at radius 1 is 1.21 bits per heavy atom. The zero-order valence-electron chi connectivity index (χ0n) is 13.8. The summed E-state index contributed by atoms with van der Waals surface area (Å²) in [7, 11) is 5.47.